The Morgan fingerprint density at radius 2 is 1.91 bits per heavy atom. The van der Waals surface area contributed by atoms with Crippen LogP contribution in [0.3, 0.4) is 0 Å². The van der Waals surface area contributed by atoms with E-state index in [1.54, 1.807) is 17.0 Å². The minimum Gasteiger partial charge on any atom is -0.376 e. The summed E-state index contributed by atoms with van der Waals surface area (Å²) in [6.07, 6.45) is 6.22. The molecule has 2 aliphatic rings. The molecular weight excluding hydrogens is 464 g/mol. The van der Waals surface area contributed by atoms with Gasteiger partial charge < -0.3 is 14.6 Å². The molecule has 1 saturated heterocycles. The van der Waals surface area contributed by atoms with E-state index in [1.165, 1.54) is 12.3 Å². The zero-order chi connectivity index (χ0) is 24.5. The highest BCUT2D eigenvalue weighted by Crippen LogP contribution is 2.36. The first-order valence-electron chi connectivity index (χ1n) is 11.6. The second-order valence-electron chi connectivity index (χ2n) is 9.42. The van der Waals surface area contributed by atoms with Gasteiger partial charge in [0.1, 0.15) is 11.6 Å². The first-order valence-corrected chi connectivity index (χ1v) is 13.5. The Hall–Kier alpha value is -2.30. The van der Waals surface area contributed by atoms with Crippen molar-refractivity contribution in [2.45, 2.75) is 69.2 Å². The van der Waals surface area contributed by atoms with Crippen molar-refractivity contribution in [1.82, 2.24) is 9.71 Å². The van der Waals surface area contributed by atoms with Gasteiger partial charge >= 0.3 is 0 Å². The lowest BCUT2D eigenvalue weighted by Gasteiger charge is -2.34. The molecule has 0 bridgehead atoms. The number of benzene rings is 1. The molecule has 2 fully saturated rings. The Balaban J connectivity index is 1.46. The van der Waals surface area contributed by atoms with Crippen LogP contribution in [-0.2, 0) is 14.8 Å². The van der Waals surface area contributed by atoms with Gasteiger partial charge in [0.2, 0.25) is 21.3 Å². The van der Waals surface area contributed by atoms with E-state index < -0.39 is 33.4 Å². The van der Waals surface area contributed by atoms with Gasteiger partial charge in [-0.25, -0.2) is 17.5 Å². The smallest absolute Gasteiger partial charge is 0.219 e. The number of nitrogens with one attached hydrogen (secondary N) is 2. The minimum absolute atomic E-state index is 0.0267. The van der Waals surface area contributed by atoms with E-state index in [4.69, 9.17) is 4.74 Å². The summed E-state index contributed by atoms with van der Waals surface area (Å²) in [6.45, 7) is 2.05. The lowest BCUT2D eigenvalue weighted by atomic mass is 9.82. The molecule has 1 aliphatic carbocycles. The summed E-state index contributed by atoms with van der Waals surface area (Å²) < 4.78 is 61.1. The van der Waals surface area contributed by atoms with Crippen molar-refractivity contribution in [1.29, 1.82) is 0 Å². The third-order valence-electron chi connectivity index (χ3n) is 6.89. The number of sulfonamides is 1. The molecule has 0 radical (unpaired) electrons. The van der Waals surface area contributed by atoms with E-state index in [0.29, 0.717) is 6.42 Å². The predicted octanol–water partition coefficient (Wildman–Crippen LogP) is 3.28. The number of anilines is 1. The average Bonchev–Trinajstić information content (AvgIpc) is 3.07. The molecule has 2 aromatic rings. The minimum atomic E-state index is -3.50. The summed E-state index contributed by atoms with van der Waals surface area (Å²) in [5, 5.41) is 0. The van der Waals surface area contributed by atoms with Crippen LogP contribution in [0.25, 0.3) is 0 Å². The summed E-state index contributed by atoms with van der Waals surface area (Å²) in [5.74, 6) is -0.806. The van der Waals surface area contributed by atoms with E-state index in [1.807, 2.05) is 13.0 Å². The van der Waals surface area contributed by atoms with Gasteiger partial charge in [-0.05, 0) is 62.6 Å². The van der Waals surface area contributed by atoms with Crippen LogP contribution in [-0.4, -0.2) is 50.5 Å². The number of H-pyrrole nitrogens is 1. The Morgan fingerprint density at radius 3 is 2.59 bits per heavy atom. The maximum absolute atomic E-state index is 14.7. The van der Waals surface area contributed by atoms with Crippen LogP contribution < -0.4 is 15.1 Å². The van der Waals surface area contributed by atoms with Crippen LogP contribution in [0.2, 0.25) is 0 Å². The molecule has 34 heavy (non-hydrogen) atoms. The standard InChI is InChI=1S/C24H31F2N3O4S/c1-15-12-20(28-34(2,31)32)21(29(15)24-23(26)22(30)10-11-27-24)14-33-19-8-6-16(7-9-19)17-4-3-5-18(25)13-17/h3-5,10-11,13,15-16,19-21,28H,6-9,12,14H2,1-2H3,(H,27,30)/t15-,16?,19?,20+,21+/m1/s1. The van der Waals surface area contributed by atoms with Crippen LogP contribution in [0.1, 0.15) is 50.5 Å². The fourth-order valence-corrected chi connectivity index (χ4v) is 6.14. The monoisotopic (exact) mass is 495 g/mol. The van der Waals surface area contributed by atoms with Crippen LogP contribution in [0.4, 0.5) is 14.6 Å². The molecular formula is C24H31F2N3O4S. The molecule has 186 valence electrons. The number of aromatic amines is 1. The summed E-state index contributed by atoms with van der Waals surface area (Å²) in [4.78, 5) is 16.4. The lowest BCUT2D eigenvalue weighted by Crippen LogP contribution is -2.49. The van der Waals surface area contributed by atoms with Gasteiger partial charge in [0.05, 0.1) is 25.0 Å². The number of rotatable bonds is 7. The average molecular weight is 496 g/mol. The number of hydrogen-bond donors (Lipinski definition) is 2. The summed E-state index contributed by atoms with van der Waals surface area (Å²) >= 11 is 0. The van der Waals surface area contributed by atoms with Gasteiger partial charge in [-0.15, -0.1) is 0 Å². The third-order valence-corrected chi connectivity index (χ3v) is 7.62. The second-order valence-corrected chi connectivity index (χ2v) is 11.2. The third kappa shape index (κ3) is 5.67. The van der Waals surface area contributed by atoms with Gasteiger partial charge in [-0.2, -0.15) is 4.39 Å². The number of aromatic nitrogens is 1. The molecule has 3 atom stereocenters. The maximum atomic E-state index is 14.7. The Kier molecular flexibility index (Phi) is 7.39. The van der Waals surface area contributed by atoms with Crippen LogP contribution in [0.5, 0.6) is 0 Å². The normalized spacial score (nSPS) is 27.8. The fraction of sp³-hybridized carbons (Fsp3) is 0.542. The number of pyridine rings is 1. The molecule has 0 spiro atoms. The van der Waals surface area contributed by atoms with Crippen molar-refractivity contribution >= 4 is 15.8 Å². The van der Waals surface area contributed by atoms with Crippen LogP contribution in [0.15, 0.2) is 41.3 Å². The van der Waals surface area contributed by atoms with Crippen LogP contribution >= 0.6 is 0 Å². The van der Waals surface area contributed by atoms with Crippen molar-refractivity contribution in [3.63, 3.8) is 0 Å². The van der Waals surface area contributed by atoms with Gasteiger partial charge in [-0.1, -0.05) is 12.1 Å². The lowest BCUT2D eigenvalue weighted by molar-refractivity contribution is 0.0154. The predicted molar refractivity (Wildman–Crippen MR) is 126 cm³/mol. The Morgan fingerprint density at radius 1 is 1.18 bits per heavy atom. The van der Waals surface area contributed by atoms with Crippen molar-refractivity contribution in [3.05, 3.63) is 63.9 Å². The quantitative estimate of drug-likeness (QED) is 0.615. The molecule has 1 aliphatic heterocycles. The topological polar surface area (TPSA) is 91.5 Å². The van der Waals surface area contributed by atoms with E-state index >= 15 is 0 Å². The van der Waals surface area contributed by atoms with Crippen molar-refractivity contribution in [2.24, 2.45) is 0 Å². The largest absolute Gasteiger partial charge is 0.376 e. The maximum Gasteiger partial charge on any atom is 0.219 e. The first-order chi connectivity index (χ1) is 16.1. The zero-order valence-electron chi connectivity index (χ0n) is 19.3. The van der Waals surface area contributed by atoms with E-state index in [0.717, 1.165) is 43.6 Å². The molecule has 2 N–H and O–H groups in total. The highest BCUT2D eigenvalue weighted by molar-refractivity contribution is 7.88. The molecule has 1 aromatic carbocycles. The Bertz CT molecular complexity index is 1160. The van der Waals surface area contributed by atoms with Crippen LogP contribution in [0, 0.1) is 11.6 Å². The highest BCUT2D eigenvalue weighted by atomic mass is 32.2. The van der Waals surface area contributed by atoms with Crippen molar-refractivity contribution < 1.29 is 21.9 Å². The molecule has 7 nitrogen and oxygen atoms in total. The first kappa shape index (κ1) is 24.8. The summed E-state index contributed by atoms with van der Waals surface area (Å²) in [5.41, 5.74) is 0.269. The van der Waals surface area contributed by atoms with E-state index in [9.17, 15) is 22.0 Å². The fourth-order valence-electron chi connectivity index (χ4n) is 5.34. The molecule has 0 unspecified atom stereocenters. The number of halogens is 2. The van der Waals surface area contributed by atoms with Gasteiger partial charge in [0.25, 0.3) is 0 Å². The molecule has 1 saturated carbocycles. The van der Waals surface area contributed by atoms with Gasteiger partial charge in [0.15, 0.2) is 0 Å². The summed E-state index contributed by atoms with van der Waals surface area (Å²) in [6, 6.07) is 6.62. The van der Waals surface area contributed by atoms with E-state index in [2.05, 4.69) is 9.71 Å². The number of ether oxygens (including phenoxy) is 1. The van der Waals surface area contributed by atoms with Gasteiger partial charge in [0, 0.05) is 24.3 Å². The molecule has 1 aromatic heterocycles. The number of nitrogens with zero attached hydrogens (tertiary/aromatic N) is 1. The molecule has 4 rings (SSSR count). The SMILES string of the molecule is C[C@@H]1C[C@H](NS(C)(=O)=O)[C@H](COC2CCC(c3cccc(F)c3)CC2)N1c1[nH]ccc(=O)c1F. The van der Waals surface area contributed by atoms with Gasteiger partial charge in [-0.3, -0.25) is 4.79 Å². The Labute approximate surface area is 198 Å². The molecule has 0 amide bonds. The van der Waals surface area contributed by atoms with Crippen molar-refractivity contribution in [2.75, 3.05) is 17.8 Å². The van der Waals surface area contributed by atoms with Crippen molar-refractivity contribution in [3.8, 4) is 0 Å². The molecule has 2 heterocycles. The second kappa shape index (κ2) is 10.1. The number of hydrogen-bond acceptors (Lipinski definition) is 5. The zero-order valence-corrected chi connectivity index (χ0v) is 20.2. The highest BCUT2D eigenvalue weighted by Gasteiger charge is 2.42. The molecule has 10 heteroatoms. The van der Waals surface area contributed by atoms with E-state index in [-0.39, 0.29) is 36.3 Å². The summed E-state index contributed by atoms with van der Waals surface area (Å²) in [7, 11) is -3.50.